The van der Waals surface area contributed by atoms with Crippen molar-refractivity contribution in [3.8, 4) is 0 Å². The maximum absolute atomic E-state index is 4.60. The van der Waals surface area contributed by atoms with Gasteiger partial charge in [0.15, 0.2) is 11.5 Å². The molecule has 0 amide bonds. The number of aromatic nitrogens is 4. The number of anilines is 1. The Morgan fingerprint density at radius 3 is 2.61 bits per heavy atom. The van der Waals surface area contributed by atoms with Gasteiger partial charge in [-0.15, -0.1) is 15.3 Å². The number of benzene rings is 2. The minimum absolute atomic E-state index is 0.762. The van der Waals surface area contributed by atoms with E-state index in [-0.39, 0.29) is 0 Å². The van der Waals surface area contributed by atoms with E-state index >= 15 is 0 Å². The van der Waals surface area contributed by atoms with Crippen LogP contribution in [-0.2, 0) is 6.54 Å². The molecule has 7 heteroatoms. The van der Waals surface area contributed by atoms with Gasteiger partial charge in [-0.2, -0.15) is 4.52 Å². The first kappa shape index (κ1) is 16.7. The van der Waals surface area contributed by atoms with Gasteiger partial charge < -0.3 is 10.3 Å². The van der Waals surface area contributed by atoms with Gasteiger partial charge in [-0.1, -0.05) is 54.6 Å². The molecule has 1 aliphatic heterocycles. The molecule has 7 nitrogen and oxygen atoms in total. The van der Waals surface area contributed by atoms with Crippen LogP contribution < -0.4 is 15.8 Å². The van der Waals surface area contributed by atoms with Gasteiger partial charge in [-0.3, -0.25) is 5.43 Å². The molecule has 1 aliphatic rings. The highest BCUT2D eigenvalue weighted by Crippen LogP contribution is 2.23. The van der Waals surface area contributed by atoms with E-state index in [1.807, 2.05) is 24.3 Å². The molecule has 28 heavy (non-hydrogen) atoms. The molecule has 0 aliphatic carbocycles. The van der Waals surface area contributed by atoms with Gasteiger partial charge in [-0.25, -0.2) is 0 Å². The number of nitrogens with one attached hydrogen (secondary N) is 3. The number of nitrogens with zero attached hydrogens (tertiary/aromatic N) is 4. The second-order valence-electron chi connectivity index (χ2n) is 7.09. The van der Waals surface area contributed by atoms with Crippen molar-refractivity contribution in [1.29, 1.82) is 0 Å². The van der Waals surface area contributed by atoms with Crippen LogP contribution in [-0.4, -0.2) is 32.9 Å². The molecule has 140 valence electrons. The van der Waals surface area contributed by atoms with E-state index in [2.05, 4.69) is 62.6 Å². The van der Waals surface area contributed by atoms with Crippen molar-refractivity contribution in [2.45, 2.75) is 13.0 Å². The smallest absolute Gasteiger partial charge is 0.185 e. The first-order valence-electron chi connectivity index (χ1n) is 9.54. The second-order valence-corrected chi connectivity index (χ2v) is 7.09. The summed E-state index contributed by atoms with van der Waals surface area (Å²) in [5.41, 5.74) is 9.99. The first-order chi connectivity index (χ1) is 13.9. The molecular formula is C21H22N7+. The fraction of sp³-hybridized carbons (Fsp3) is 0.190. The zero-order valence-electron chi connectivity index (χ0n) is 15.5. The fourth-order valence-corrected chi connectivity index (χ4v) is 3.70. The Labute approximate surface area is 162 Å². The molecule has 0 saturated carbocycles. The minimum Gasteiger partial charge on any atom is -0.328 e. The third-order valence-electron chi connectivity index (χ3n) is 5.18. The standard InChI is InChI=1S/C21H21N7/c1-2-6-16(7-3-1)14-27-12-10-17(11-13-27)23-24-20-18-8-4-5-9-19(18)21-25-22-15-28(21)26-20/h1-10,15,23H,11-14H2,(H,24,26)/p+1. The lowest BCUT2D eigenvalue weighted by Crippen LogP contribution is -3.11. The third-order valence-corrected chi connectivity index (χ3v) is 5.18. The monoisotopic (exact) mass is 372 g/mol. The Morgan fingerprint density at radius 1 is 0.964 bits per heavy atom. The predicted octanol–water partition coefficient (Wildman–Crippen LogP) is 1.57. The Bertz CT molecular complexity index is 1130. The zero-order valence-corrected chi connectivity index (χ0v) is 15.5. The maximum Gasteiger partial charge on any atom is 0.185 e. The van der Waals surface area contributed by atoms with Crippen LogP contribution in [0.3, 0.4) is 0 Å². The van der Waals surface area contributed by atoms with Crippen LogP contribution in [0.1, 0.15) is 12.0 Å². The number of hydrogen-bond acceptors (Lipinski definition) is 5. The minimum atomic E-state index is 0.762. The Balaban J connectivity index is 1.29. The Hall–Kier alpha value is -3.45. The molecule has 1 unspecified atom stereocenters. The maximum atomic E-state index is 4.60. The molecule has 0 bridgehead atoms. The topological polar surface area (TPSA) is 71.6 Å². The van der Waals surface area contributed by atoms with Gasteiger partial charge in [0, 0.05) is 28.5 Å². The van der Waals surface area contributed by atoms with Crippen molar-refractivity contribution >= 4 is 22.2 Å². The molecule has 1 atom stereocenters. The lowest BCUT2D eigenvalue weighted by molar-refractivity contribution is -0.909. The fourth-order valence-electron chi connectivity index (χ4n) is 3.70. The molecule has 2 aromatic heterocycles. The van der Waals surface area contributed by atoms with Crippen LogP contribution in [0, 0.1) is 0 Å². The summed E-state index contributed by atoms with van der Waals surface area (Å²) >= 11 is 0. The largest absolute Gasteiger partial charge is 0.328 e. The molecule has 4 aromatic rings. The van der Waals surface area contributed by atoms with Crippen molar-refractivity contribution in [1.82, 2.24) is 25.2 Å². The van der Waals surface area contributed by atoms with E-state index in [9.17, 15) is 0 Å². The molecule has 0 radical (unpaired) electrons. The summed E-state index contributed by atoms with van der Waals surface area (Å²) in [5.74, 6) is 0.767. The Kier molecular flexibility index (Phi) is 4.34. The molecule has 3 N–H and O–H groups in total. The van der Waals surface area contributed by atoms with Crippen LogP contribution >= 0.6 is 0 Å². The lowest BCUT2D eigenvalue weighted by atomic mass is 10.1. The average molecular weight is 372 g/mol. The van der Waals surface area contributed by atoms with Crippen molar-refractivity contribution < 1.29 is 4.90 Å². The van der Waals surface area contributed by atoms with Gasteiger partial charge in [0.1, 0.15) is 12.9 Å². The molecule has 3 heterocycles. The predicted molar refractivity (Wildman–Crippen MR) is 109 cm³/mol. The summed E-state index contributed by atoms with van der Waals surface area (Å²) < 4.78 is 1.70. The number of hydrazine groups is 1. The van der Waals surface area contributed by atoms with E-state index in [0.717, 1.165) is 48.3 Å². The van der Waals surface area contributed by atoms with Gasteiger partial charge >= 0.3 is 0 Å². The summed E-state index contributed by atoms with van der Waals surface area (Å²) in [7, 11) is 0. The third kappa shape index (κ3) is 3.27. The number of fused-ring (bicyclic) bond motifs is 3. The SMILES string of the molecule is C1=C(NNc2nn3cnnc3c3ccccc23)CC[NH+](Cc2ccccc2)C1. The van der Waals surface area contributed by atoms with Crippen molar-refractivity contribution in [2.24, 2.45) is 0 Å². The molecule has 0 saturated heterocycles. The van der Waals surface area contributed by atoms with Gasteiger partial charge in [0.05, 0.1) is 13.1 Å². The van der Waals surface area contributed by atoms with E-state index < -0.39 is 0 Å². The van der Waals surface area contributed by atoms with Crippen LogP contribution in [0.5, 0.6) is 0 Å². The van der Waals surface area contributed by atoms with E-state index in [4.69, 9.17) is 0 Å². The number of rotatable bonds is 5. The molecule has 0 fully saturated rings. The molecular weight excluding hydrogens is 350 g/mol. The quantitative estimate of drug-likeness (QED) is 0.464. The Morgan fingerprint density at radius 2 is 1.79 bits per heavy atom. The number of hydrogen-bond donors (Lipinski definition) is 3. The molecule has 5 rings (SSSR count). The van der Waals surface area contributed by atoms with Crippen LogP contribution in [0.25, 0.3) is 16.4 Å². The summed E-state index contributed by atoms with van der Waals surface area (Å²) in [6.07, 6.45) is 4.90. The number of quaternary nitrogens is 1. The van der Waals surface area contributed by atoms with Gasteiger partial charge in [0.25, 0.3) is 0 Å². The summed E-state index contributed by atoms with van der Waals surface area (Å²) in [6, 6.07) is 18.8. The first-order valence-corrected chi connectivity index (χ1v) is 9.54. The lowest BCUT2D eigenvalue weighted by Gasteiger charge is -2.24. The van der Waals surface area contributed by atoms with Crippen molar-refractivity contribution in [2.75, 3.05) is 18.5 Å². The summed E-state index contributed by atoms with van der Waals surface area (Å²) in [6.45, 7) is 3.18. The summed E-state index contributed by atoms with van der Waals surface area (Å²) in [5, 5.41) is 14.8. The highest BCUT2D eigenvalue weighted by molar-refractivity contribution is 5.99. The van der Waals surface area contributed by atoms with Crippen LogP contribution in [0.4, 0.5) is 5.82 Å². The van der Waals surface area contributed by atoms with Crippen LogP contribution in [0.2, 0.25) is 0 Å². The highest BCUT2D eigenvalue weighted by Gasteiger charge is 2.16. The van der Waals surface area contributed by atoms with E-state index in [1.54, 1.807) is 15.7 Å². The van der Waals surface area contributed by atoms with Crippen molar-refractivity contribution in [3.05, 3.63) is 78.3 Å². The van der Waals surface area contributed by atoms with Crippen LogP contribution in [0.15, 0.2) is 72.7 Å². The zero-order chi connectivity index (χ0) is 18.8. The van der Waals surface area contributed by atoms with E-state index in [1.165, 1.54) is 11.3 Å². The normalized spacial score (nSPS) is 16.9. The van der Waals surface area contributed by atoms with Gasteiger partial charge in [0.2, 0.25) is 0 Å². The average Bonchev–Trinajstić information content (AvgIpc) is 3.23. The molecule has 0 spiro atoms. The molecule has 2 aromatic carbocycles. The van der Waals surface area contributed by atoms with E-state index in [0.29, 0.717) is 0 Å². The second kappa shape index (κ2) is 7.28. The highest BCUT2D eigenvalue weighted by atomic mass is 15.4. The summed E-state index contributed by atoms with van der Waals surface area (Å²) in [4.78, 5) is 1.58. The van der Waals surface area contributed by atoms with Crippen molar-refractivity contribution in [3.63, 3.8) is 0 Å². The van der Waals surface area contributed by atoms with Gasteiger partial charge in [-0.05, 0) is 6.08 Å².